The van der Waals surface area contributed by atoms with Gasteiger partial charge in [-0.05, 0) is 38.2 Å². The van der Waals surface area contributed by atoms with Crippen molar-refractivity contribution in [1.82, 2.24) is 4.90 Å². The van der Waals surface area contributed by atoms with Crippen LogP contribution < -0.4 is 11.5 Å². The van der Waals surface area contributed by atoms with Gasteiger partial charge in [0.1, 0.15) is 6.61 Å². The third-order valence-electron chi connectivity index (χ3n) is 3.21. The highest BCUT2D eigenvalue weighted by Gasteiger charge is 2.14. The monoisotopic (exact) mass is 265 g/mol. The van der Waals surface area contributed by atoms with E-state index in [4.69, 9.17) is 16.2 Å². The van der Waals surface area contributed by atoms with Crippen LogP contribution >= 0.6 is 0 Å². The third kappa shape index (κ3) is 4.13. The average molecular weight is 265 g/mol. The van der Waals surface area contributed by atoms with Gasteiger partial charge in [0.05, 0.1) is 16.9 Å². The molecule has 0 spiro atoms. The maximum absolute atomic E-state index is 11.9. The summed E-state index contributed by atoms with van der Waals surface area (Å²) in [6.45, 7) is 8.45. The molecule has 0 aliphatic heterocycles. The first-order valence-electron chi connectivity index (χ1n) is 6.55. The van der Waals surface area contributed by atoms with Crippen LogP contribution in [-0.4, -0.2) is 36.6 Å². The van der Waals surface area contributed by atoms with Crippen molar-refractivity contribution < 1.29 is 9.53 Å². The van der Waals surface area contributed by atoms with Crippen LogP contribution in [0.4, 0.5) is 11.4 Å². The van der Waals surface area contributed by atoms with Gasteiger partial charge in [-0.25, -0.2) is 4.79 Å². The molecule has 0 amide bonds. The largest absolute Gasteiger partial charge is 0.460 e. The molecular weight excluding hydrogens is 242 g/mol. The topological polar surface area (TPSA) is 81.6 Å². The van der Waals surface area contributed by atoms with Gasteiger partial charge < -0.3 is 16.2 Å². The first kappa shape index (κ1) is 15.3. The molecule has 4 N–H and O–H groups in total. The van der Waals surface area contributed by atoms with E-state index in [1.807, 2.05) is 6.92 Å². The molecule has 0 saturated heterocycles. The number of benzene rings is 1. The van der Waals surface area contributed by atoms with Gasteiger partial charge in [-0.15, -0.1) is 0 Å². The minimum absolute atomic E-state index is 0.199. The van der Waals surface area contributed by atoms with Crippen molar-refractivity contribution in [1.29, 1.82) is 0 Å². The Morgan fingerprint density at radius 1 is 1.26 bits per heavy atom. The number of carbonyl (C=O) groups excluding carboxylic acids is 1. The van der Waals surface area contributed by atoms with E-state index < -0.39 is 0 Å². The van der Waals surface area contributed by atoms with Crippen LogP contribution in [0.1, 0.15) is 31.1 Å². The standard InChI is InChI=1S/C14H23N3O2/c1-4-17(5-2)10(3)9-19-14(18)11-6-7-12(15)13(16)8-11/h6-8,10H,4-5,9,15-16H2,1-3H3. The van der Waals surface area contributed by atoms with Crippen LogP contribution in [0.5, 0.6) is 0 Å². The molecule has 1 aromatic carbocycles. The summed E-state index contributed by atoms with van der Waals surface area (Å²) in [5, 5.41) is 0. The van der Waals surface area contributed by atoms with E-state index >= 15 is 0 Å². The van der Waals surface area contributed by atoms with Gasteiger partial charge in [-0.2, -0.15) is 0 Å². The van der Waals surface area contributed by atoms with E-state index in [9.17, 15) is 4.79 Å². The molecule has 0 heterocycles. The van der Waals surface area contributed by atoms with Crippen LogP contribution in [0.15, 0.2) is 18.2 Å². The minimum atomic E-state index is -0.370. The first-order chi connectivity index (χ1) is 8.99. The lowest BCUT2D eigenvalue weighted by atomic mass is 10.2. The Morgan fingerprint density at radius 3 is 2.42 bits per heavy atom. The summed E-state index contributed by atoms with van der Waals surface area (Å²) < 4.78 is 5.29. The maximum atomic E-state index is 11.9. The predicted octanol–water partition coefficient (Wildman–Crippen LogP) is 1.74. The summed E-state index contributed by atoms with van der Waals surface area (Å²) in [6, 6.07) is 4.97. The van der Waals surface area contributed by atoms with Crippen molar-refractivity contribution in [3.05, 3.63) is 23.8 Å². The Labute approximate surface area is 114 Å². The number of nitrogen functional groups attached to an aromatic ring is 2. The summed E-state index contributed by atoms with van der Waals surface area (Å²) in [6.07, 6.45) is 0. The zero-order valence-corrected chi connectivity index (χ0v) is 11.8. The molecule has 106 valence electrons. The van der Waals surface area contributed by atoms with Crippen LogP contribution in [0.25, 0.3) is 0 Å². The third-order valence-corrected chi connectivity index (χ3v) is 3.21. The number of carbonyl (C=O) groups is 1. The Hall–Kier alpha value is -1.75. The number of hydrogen-bond donors (Lipinski definition) is 2. The van der Waals surface area contributed by atoms with Gasteiger partial charge in [0.15, 0.2) is 0 Å². The molecule has 1 atom stereocenters. The first-order valence-corrected chi connectivity index (χ1v) is 6.55. The van der Waals surface area contributed by atoms with Crippen LogP contribution in [0, 0.1) is 0 Å². The fourth-order valence-corrected chi connectivity index (χ4v) is 1.93. The van der Waals surface area contributed by atoms with Crippen LogP contribution in [-0.2, 0) is 4.74 Å². The summed E-state index contributed by atoms with van der Waals surface area (Å²) in [5.74, 6) is -0.370. The van der Waals surface area contributed by atoms with E-state index in [1.54, 1.807) is 18.2 Å². The van der Waals surface area contributed by atoms with E-state index in [0.29, 0.717) is 23.5 Å². The Balaban J connectivity index is 2.58. The Bertz CT molecular complexity index is 431. The van der Waals surface area contributed by atoms with Gasteiger partial charge in [0, 0.05) is 6.04 Å². The number of nitrogens with zero attached hydrogens (tertiary/aromatic N) is 1. The van der Waals surface area contributed by atoms with Crippen molar-refractivity contribution in [2.75, 3.05) is 31.2 Å². The summed E-state index contributed by atoms with van der Waals surface area (Å²) >= 11 is 0. The molecule has 0 fully saturated rings. The van der Waals surface area contributed by atoms with Crippen LogP contribution in [0.3, 0.4) is 0 Å². The molecule has 0 saturated carbocycles. The lowest BCUT2D eigenvalue weighted by molar-refractivity contribution is 0.0381. The molecule has 0 radical (unpaired) electrons. The summed E-state index contributed by atoms with van der Waals surface area (Å²) in [4.78, 5) is 14.1. The van der Waals surface area contributed by atoms with E-state index in [0.717, 1.165) is 13.1 Å². The van der Waals surface area contributed by atoms with Crippen molar-refractivity contribution in [2.45, 2.75) is 26.8 Å². The van der Waals surface area contributed by atoms with Gasteiger partial charge in [-0.3, -0.25) is 4.90 Å². The number of hydrogen-bond acceptors (Lipinski definition) is 5. The lowest BCUT2D eigenvalue weighted by Crippen LogP contribution is -2.36. The number of anilines is 2. The van der Waals surface area contributed by atoms with Gasteiger partial charge >= 0.3 is 5.97 Å². The highest BCUT2D eigenvalue weighted by molar-refractivity contribution is 5.91. The lowest BCUT2D eigenvalue weighted by Gasteiger charge is -2.25. The summed E-state index contributed by atoms with van der Waals surface area (Å²) in [5.41, 5.74) is 12.6. The van der Waals surface area contributed by atoms with Crippen molar-refractivity contribution in [3.63, 3.8) is 0 Å². The second kappa shape index (κ2) is 6.99. The molecule has 1 rings (SSSR count). The van der Waals surface area contributed by atoms with E-state index in [1.165, 1.54) is 0 Å². The van der Waals surface area contributed by atoms with Crippen LogP contribution in [0.2, 0.25) is 0 Å². The molecule has 5 heteroatoms. The molecule has 0 aromatic heterocycles. The number of nitrogens with two attached hydrogens (primary N) is 2. The van der Waals surface area contributed by atoms with E-state index in [2.05, 4.69) is 18.7 Å². The molecule has 0 aliphatic rings. The molecule has 0 bridgehead atoms. The zero-order chi connectivity index (χ0) is 14.4. The van der Waals surface area contributed by atoms with Crippen molar-refractivity contribution in [2.24, 2.45) is 0 Å². The maximum Gasteiger partial charge on any atom is 0.338 e. The molecular formula is C14H23N3O2. The molecule has 1 aromatic rings. The number of likely N-dealkylation sites (N-methyl/N-ethyl adjacent to an activating group) is 1. The van der Waals surface area contributed by atoms with Gasteiger partial charge in [-0.1, -0.05) is 13.8 Å². The molecule has 5 nitrogen and oxygen atoms in total. The molecule has 19 heavy (non-hydrogen) atoms. The fourth-order valence-electron chi connectivity index (χ4n) is 1.93. The fraction of sp³-hybridized carbons (Fsp3) is 0.500. The second-order valence-corrected chi connectivity index (χ2v) is 4.51. The average Bonchev–Trinajstić information content (AvgIpc) is 2.40. The normalized spacial score (nSPS) is 12.4. The SMILES string of the molecule is CCN(CC)C(C)COC(=O)c1ccc(N)c(N)c1. The zero-order valence-electron chi connectivity index (χ0n) is 11.8. The van der Waals surface area contributed by atoms with E-state index in [-0.39, 0.29) is 12.0 Å². The highest BCUT2D eigenvalue weighted by atomic mass is 16.5. The number of ether oxygens (including phenoxy) is 1. The Kier molecular flexibility index (Phi) is 5.63. The second-order valence-electron chi connectivity index (χ2n) is 4.51. The van der Waals surface area contributed by atoms with Gasteiger partial charge in [0.25, 0.3) is 0 Å². The molecule has 0 aliphatic carbocycles. The Morgan fingerprint density at radius 2 is 1.89 bits per heavy atom. The number of rotatable bonds is 6. The molecule has 1 unspecified atom stereocenters. The minimum Gasteiger partial charge on any atom is -0.460 e. The highest BCUT2D eigenvalue weighted by Crippen LogP contribution is 2.16. The smallest absolute Gasteiger partial charge is 0.338 e. The predicted molar refractivity (Wildman–Crippen MR) is 77.9 cm³/mol. The number of esters is 1. The summed E-state index contributed by atoms with van der Waals surface area (Å²) in [7, 11) is 0. The van der Waals surface area contributed by atoms with Gasteiger partial charge in [0.2, 0.25) is 0 Å². The van der Waals surface area contributed by atoms with Crippen molar-refractivity contribution in [3.8, 4) is 0 Å². The van der Waals surface area contributed by atoms with Crippen molar-refractivity contribution >= 4 is 17.3 Å². The quantitative estimate of drug-likeness (QED) is 0.605.